The number of phosphoric acid groups is 2. The van der Waals surface area contributed by atoms with Crippen LogP contribution in [0, 0.1) is 0 Å². The smallest absolute Gasteiger partial charge is 0.462 e. The first-order chi connectivity index (χ1) is 55.7. The number of ether oxygens (including phenoxy) is 4. The maximum absolute atomic E-state index is 13.1. The molecule has 0 aromatic heterocycles. The lowest BCUT2D eigenvalue weighted by atomic mass is 10.1. The van der Waals surface area contributed by atoms with Gasteiger partial charge < -0.3 is 33.8 Å². The summed E-state index contributed by atoms with van der Waals surface area (Å²) in [6.07, 6.45) is 111. The summed E-state index contributed by atoms with van der Waals surface area (Å²) < 4.78 is 68.5. The summed E-state index contributed by atoms with van der Waals surface area (Å²) in [7, 11) is -10.1. The Morgan fingerprint density at radius 3 is 0.781 bits per heavy atom. The van der Waals surface area contributed by atoms with Gasteiger partial charge in [0.25, 0.3) is 0 Å². The summed E-state index contributed by atoms with van der Waals surface area (Å²) in [6, 6.07) is 0. The number of phosphoric ester groups is 2. The van der Waals surface area contributed by atoms with Crippen LogP contribution >= 0.6 is 15.6 Å². The summed E-state index contributed by atoms with van der Waals surface area (Å²) in [6.45, 7) is 4.18. The van der Waals surface area contributed by atoms with Gasteiger partial charge >= 0.3 is 39.5 Å². The number of carbonyl (C=O) groups excluding carboxylic acids is 4. The fourth-order valence-electron chi connectivity index (χ4n) is 9.76. The molecular weight excluding hydrogens is 1470 g/mol. The highest BCUT2D eigenvalue weighted by molar-refractivity contribution is 7.47. The summed E-state index contributed by atoms with van der Waals surface area (Å²) >= 11 is 0. The Hall–Kier alpha value is -7.40. The molecule has 0 heterocycles. The lowest BCUT2D eigenvalue weighted by molar-refractivity contribution is -0.161. The number of hydrogen-bond donors (Lipinski definition) is 3. The quantitative estimate of drug-likeness (QED) is 0.0169. The van der Waals surface area contributed by atoms with E-state index >= 15 is 0 Å². The molecule has 0 fully saturated rings. The second-order valence-corrected chi connectivity index (χ2v) is 29.5. The van der Waals surface area contributed by atoms with Crippen molar-refractivity contribution in [1.29, 1.82) is 0 Å². The van der Waals surface area contributed by atoms with Crippen LogP contribution in [0.5, 0.6) is 0 Å². The predicted molar refractivity (Wildman–Crippen MR) is 472 cm³/mol. The zero-order chi connectivity index (χ0) is 83.1. The molecular formula is C95H144O17P2. The van der Waals surface area contributed by atoms with E-state index in [1.54, 1.807) is 0 Å². The molecule has 2 unspecified atom stereocenters. The van der Waals surface area contributed by atoms with E-state index in [4.69, 9.17) is 37.0 Å². The zero-order valence-electron chi connectivity index (χ0n) is 69.6. The monoisotopic (exact) mass is 1620 g/mol. The fourth-order valence-corrected chi connectivity index (χ4v) is 11.3. The normalized spacial score (nSPS) is 15.0. The van der Waals surface area contributed by atoms with Crippen LogP contribution < -0.4 is 0 Å². The number of unbranched alkanes of at least 4 members (excludes halogenated alkanes) is 7. The van der Waals surface area contributed by atoms with Gasteiger partial charge in [-0.15, -0.1) is 0 Å². The van der Waals surface area contributed by atoms with Crippen LogP contribution in [-0.2, 0) is 65.4 Å². The number of hydrogen-bond acceptors (Lipinski definition) is 15. The average molecular weight is 1620 g/mol. The third-order valence-electron chi connectivity index (χ3n) is 16.0. The Morgan fingerprint density at radius 2 is 0.482 bits per heavy atom. The summed E-state index contributed by atoms with van der Waals surface area (Å²) in [5.74, 6) is -2.51. The van der Waals surface area contributed by atoms with Crippen LogP contribution in [0.3, 0.4) is 0 Å². The highest BCUT2D eigenvalue weighted by Crippen LogP contribution is 2.45. The minimum atomic E-state index is -5.04. The summed E-state index contributed by atoms with van der Waals surface area (Å²) in [5.41, 5.74) is 0. The maximum Gasteiger partial charge on any atom is 0.472 e. The van der Waals surface area contributed by atoms with Crippen molar-refractivity contribution in [2.45, 2.75) is 277 Å². The van der Waals surface area contributed by atoms with E-state index < -0.39 is 97.5 Å². The lowest BCUT2D eigenvalue weighted by Crippen LogP contribution is -2.30. The van der Waals surface area contributed by atoms with Crippen LogP contribution in [-0.4, -0.2) is 96.7 Å². The van der Waals surface area contributed by atoms with Crippen molar-refractivity contribution in [3.8, 4) is 0 Å². The highest BCUT2D eigenvalue weighted by Gasteiger charge is 2.30. The Bertz CT molecular complexity index is 3170. The van der Waals surface area contributed by atoms with Gasteiger partial charge in [0.2, 0.25) is 0 Å². The molecule has 0 rings (SSSR count). The highest BCUT2D eigenvalue weighted by atomic mass is 31.2. The van der Waals surface area contributed by atoms with E-state index in [0.717, 1.165) is 141 Å². The van der Waals surface area contributed by atoms with Gasteiger partial charge in [0.05, 0.1) is 26.4 Å². The molecule has 0 saturated carbocycles. The van der Waals surface area contributed by atoms with Crippen LogP contribution in [0.1, 0.15) is 259 Å². The average Bonchev–Trinajstić information content (AvgIpc) is 0.899. The second-order valence-electron chi connectivity index (χ2n) is 26.6. The molecule has 0 aliphatic rings. The summed E-state index contributed by atoms with van der Waals surface area (Å²) in [5, 5.41) is 10.7. The van der Waals surface area contributed by atoms with Crippen molar-refractivity contribution in [2.24, 2.45) is 0 Å². The van der Waals surface area contributed by atoms with Crippen LogP contribution in [0.2, 0.25) is 0 Å². The second kappa shape index (κ2) is 83.5. The Labute approximate surface area is 688 Å². The molecule has 17 nitrogen and oxygen atoms in total. The molecule has 0 bridgehead atoms. The van der Waals surface area contributed by atoms with E-state index in [1.807, 2.05) is 48.6 Å². The maximum atomic E-state index is 13.1. The largest absolute Gasteiger partial charge is 0.472 e. The molecule has 0 spiro atoms. The number of esters is 4. The van der Waals surface area contributed by atoms with E-state index in [1.165, 1.54) is 19.3 Å². The van der Waals surface area contributed by atoms with Crippen molar-refractivity contribution in [1.82, 2.24) is 0 Å². The topological polar surface area (TPSA) is 237 Å². The van der Waals surface area contributed by atoms with Gasteiger partial charge in [-0.3, -0.25) is 37.3 Å². The molecule has 5 atom stereocenters. The number of allylic oxidation sites excluding steroid dienone is 42. The standard InChI is InChI=1S/C95H144O17P2/c1-5-9-13-17-21-25-29-33-37-41-44-48-51-55-59-63-67-71-75-79-92(97)105-85-90(111-94(99)81-77-73-69-65-61-57-53-47-40-36-32-28-24-20-16-12-8-4)87-109-113(101,102)107-83-89(96)84-108-114(103,104)110-88-91(112-95(100)82-78-74-70-66-62-58-54-50-46-43-39-35-31-27-23-19-15-11-7-3)86-106-93(98)80-76-72-68-64-60-56-52-49-45-42-38-34-30-26-22-18-14-10-6-2/h9-11,13-15,21-28,33-40,44-46,48-50,53,55-60,62,65,68-70,72,74,89-91,96H,5-8,12,16-20,29-32,41-43,47,51-52,54,61,63-64,66-67,71,73,75-88H2,1-4H3,(H,101,102)(H,103,104)/b13-9-,14-10-,15-11-,25-21-,26-22-,27-23-,28-24-,37-33-,38-34-,39-35-,40-36-,48-44-,49-45-,50-46-,57-53-,59-55-,60-56-,62-58-,69-65-,72-68-,74-70-/t89-,90+,91+/m0/s1. The number of rotatable bonds is 75. The third kappa shape index (κ3) is 82.6. The van der Waals surface area contributed by atoms with Gasteiger partial charge in [-0.2, -0.15) is 0 Å². The van der Waals surface area contributed by atoms with E-state index in [-0.39, 0.29) is 25.7 Å². The molecule has 0 aromatic rings. The fraction of sp³-hybridized carbons (Fsp3) is 0.516. The first kappa shape index (κ1) is 107. The Morgan fingerprint density at radius 1 is 0.254 bits per heavy atom. The van der Waals surface area contributed by atoms with Gasteiger partial charge in [-0.05, 0) is 186 Å². The van der Waals surface area contributed by atoms with Crippen LogP contribution in [0.15, 0.2) is 255 Å². The SMILES string of the molecule is CC/C=C\C/C=C\C/C=C\C/C=C\C/C=C\C/C=C\CCC(=O)OC[C@H](COP(=O)(O)OC[C@@H](O)COP(=O)(O)OC[C@@H](COC(=O)CCCCC/C=C\C/C=C\C/C=C\C/C=C\C/C=C\CC)OC(=O)CCC/C=C\C/C=C\C/C=C\C/C=C\CCCCC)OC(=O)CC/C=C\C/C=C\C/C=C\C/C=C\C/C=C\C/C=C\CC. The number of aliphatic hydroxyl groups is 1. The molecule has 0 aromatic carbocycles. The molecule has 19 heteroatoms. The molecule has 0 amide bonds. The van der Waals surface area contributed by atoms with Crippen molar-refractivity contribution >= 4 is 39.5 Å². The van der Waals surface area contributed by atoms with E-state index in [0.29, 0.717) is 44.9 Å². The van der Waals surface area contributed by atoms with Crippen molar-refractivity contribution in [3.05, 3.63) is 255 Å². The van der Waals surface area contributed by atoms with E-state index in [9.17, 15) is 43.2 Å². The first-order valence-electron chi connectivity index (χ1n) is 41.9. The molecule has 0 radical (unpaired) electrons. The molecule has 114 heavy (non-hydrogen) atoms. The molecule has 636 valence electrons. The van der Waals surface area contributed by atoms with E-state index in [2.05, 4.69) is 234 Å². The van der Waals surface area contributed by atoms with Gasteiger partial charge in [0.15, 0.2) is 12.2 Å². The van der Waals surface area contributed by atoms with Crippen LogP contribution in [0.25, 0.3) is 0 Å². The van der Waals surface area contributed by atoms with Crippen molar-refractivity contribution < 1.29 is 80.2 Å². The predicted octanol–water partition coefficient (Wildman–Crippen LogP) is 25.3. The Balaban J connectivity index is 5.65. The molecule has 0 aliphatic heterocycles. The molecule has 0 saturated heterocycles. The van der Waals surface area contributed by atoms with Crippen molar-refractivity contribution in [2.75, 3.05) is 39.6 Å². The number of carbonyl (C=O) groups is 4. The van der Waals surface area contributed by atoms with Gasteiger partial charge in [-0.1, -0.05) is 302 Å². The van der Waals surface area contributed by atoms with Crippen molar-refractivity contribution in [3.63, 3.8) is 0 Å². The third-order valence-corrected chi connectivity index (χ3v) is 17.9. The number of aliphatic hydroxyl groups excluding tert-OH is 1. The summed E-state index contributed by atoms with van der Waals surface area (Å²) in [4.78, 5) is 73.2. The lowest BCUT2D eigenvalue weighted by Gasteiger charge is -2.21. The minimum Gasteiger partial charge on any atom is -0.462 e. The van der Waals surface area contributed by atoms with Crippen LogP contribution in [0.4, 0.5) is 0 Å². The molecule has 0 aliphatic carbocycles. The first-order valence-corrected chi connectivity index (χ1v) is 44.9. The minimum absolute atomic E-state index is 0.00440. The Kier molecular flexibility index (Phi) is 78.1. The molecule has 3 N–H and O–H groups in total. The van der Waals surface area contributed by atoms with Gasteiger partial charge in [0.1, 0.15) is 19.3 Å². The van der Waals surface area contributed by atoms with Gasteiger partial charge in [-0.25, -0.2) is 9.13 Å². The zero-order valence-corrected chi connectivity index (χ0v) is 71.4. The van der Waals surface area contributed by atoms with Gasteiger partial charge in [0, 0.05) is 25.7 Å².